The predicted octanol–water partition coefficient (Wildman–Crippen LogP) is 3.16. The largest absolute Gasteiger partial charge is 0.491 e. The van der Waals surface area contributed by atoms with Crippen LogP contribution >= 0.6 is 12.2 Å². The zero-order valence-corrected chi connectivity index (χ0v) is 16.8. The molecule has 0 aliphatic carbocycles. The van der Waals surface area contributed by atoms with Crippen LogP contribution in [0.1, 0.15) is 33.6 Å². The molecule has 1 saturated heterocycles. The maximum atomic E-state index is 12.3. The third kappa shape index (κ3) is 6.00. The van der Waals surface area contributed by atoms with E-state index in [1.54, 1.807) is 6.07 Å². The monoisotopic (exact) mass is 414 g/mol. The number of carbonyl (C=O) groups is 2. The van der Waals surface area contributed by atoms with Crippen LogP contribution in [0.3, 0.4) is 0 Å². The van der Waals surface area contributed by atoms with E-state index in [9.17, 15) is 9.59 Å². The molecule has 8 heteroatoms. The molecule has 2 aromatic rings. The minimum absolute atomic E-state index is 0.137. The van der Waals surface area contributed by atoms with Crippen molar-refractivity contribution in [2.75, 3.05) is 25.6 Å². The van der Waals surface area contributed by atoms with Gasteiger partial charge in [0.25, 0.3) is 5.91 Å². The van der Waals surface area contributed by atoms with Crippen molar-refractivity contribution in [2.24, 2.45) is 0 Å². The molecule has 0 spiro atoms. The van der Waals surface area contributed by atoms with Gasteiger partial charge in [-0.2, -0.15) is 0 Å². The summed E-state index contributed by atoms with van der Waals surface area (Å²) in [6.07, 6.45) is 2.21. The molecule has 1 amide bonds. The summed E-state index contributed by atoms with van der Waals surface area (Å²) in [6, 6.07) is 13.4. The molecule has 152 valence electrons. The van der Waals surface area contributed by atoms with E-state index in [2.05, 4.69) is 15.4 Å². The Hall–Kier alpha value is -2.97. The summed E-state index contributed by atoms with van der Waals surface area (Å²) >= 11 is 5.22. The van der Waals surface area contributed by atoms with Gasteiger partial charge in [0.1, 0.15) is 12.4 Å². The third-order valence-electron chi connectivity index (χ3n) is 4.35. The molecule has 1 heterocycles. The molecule has 2 N–H and O–H groups in total. The lowest BCUT2D eigenvalue weighted by Gasteiger charge is -2.13. The van der Waals surface area contributed by atoms with Crippen LogP contribution in [0.4, 0.5) is 5.69 Å². The second kappa shape index (κ2) is 9.99. The van der Waals surface area contributed by atoms with Crippen LogP contribution in [0, 0.1) is 0 Å². The van der Waals surface area contributed by atoms with Gasteiger partial charge in [0, 0.05) is 23.9 Å². The molecular formula is C21H22N2O5S. The van der Waals surface area contributed by atoms with Gasteiger partial charge in [-0.05, 0) is 61.5 Å². The lowest BCUT2D eigenvalue weighted by Crippen LogP contribution is -2.34. The van der Waals surface area contributed by atoms with Crippen LogP contribution in [0.25, 0.3) is 0 Å². The number of amides is 1. The molecule has 0 saturated carbocycles. The Bertz CT molecular complexity index is 879. The van der Waals surface area contributed by atoms with Gasteiger partial charge in [-0.25, -0.2) is 4.79 Å². The number of nitrogens with one attached hydrogen (secondary N) is 2. The predicted molar refractivity (Wildman–Crippen MR) is 112 cm³/mol. The van der Waals surface area contributed by atoms with Gasteiger partial charge >= 0.3 is 5.97 Å². The van der Waals surface area contributed by atoms with E-state index in [0.717, 1.165) is 19.4 Å². The molecule has 0 radical (unpaired) electrons. The lowest BCUT2D eigenvalue weighted by molar-refractivity contribution is 0.0600. The molecule has 3 rings (SSSR count). The van der Waals surface area contributed by atoms with Gasteiger partial charge in [0.2, 0.25) is 0 Å². The average molecular weight is 414 g/mol. The minimum Gasteiger partial charge on any atom is -0.491 e. The topological polar surface area (TPSA) is 85.9 Å². The van der Waals surface area contributed by atoms with Crippen molar-refractivity contribution in [3.63, 3.8) is 0 Å². The normalized spacial score (nSPS) is 15.4. The minimum atomic E-state index is -0.462. The number of carbonyl (C=O) groups excluding carboxylic acids is 2. The molecule has 29 heavy (non-hydrogen) atoms. The van der Waals surface area contributed by atoms with Crippen molar-refractivity contribution in [1.29, 1.82) is 0 Å². The molecule has 1 aliphatic heterocycles. The average Bonchev–Trinajstić information content (AvgIpc) is 3.25. The molecule has 1 atom stereocenters. The van der Waals surface area contributed by atoms with Gasteiger partial charge in [0.05, 0.1) is 18.8 Å². The summed E-state index contributed by atoms with van der Waals surface area (Å²) in [5.41, 5.74) is 1.43. The fourth-order valence-corrected chi connectivity index (χ4v) is 3.05. The van der Waals surface area contributed by atoms with E-state index in [0.29, 0.717) is 29.2 Å². The maximum absolute atomic E-state index is 12.3. The zero-order valence-electron chi connectivity index (χ0n) is 16.0. The number of benzene rings is 2. The zero-order chi connectivity index (χ0) is 20.6. The summed E-state index contributed by atoms with van der Waals surface area (Å²) in [5, 5.41) is 5.73. The van der Waals surface area contributed by atoms with Crippen molar-refractivity contribution in [3.05, 3.63) is 59.7 Å². The van der Waals surface area contributed by atoms with E-state index in [-0.39, 0.29) is 17.1 Å². The third-order valence-corrected chi connectivity index (χ3v) is 4.55. The molecule has 1 fully saturated rings. The quantitative estimate of drug-likeness (QED) is 0.555. The summed E-state index contributed by atoms with van der Waals surface area (Å²) in [5.74, 6) is -0.154. The Morgan fingerprint density at radius 3 is 2.62 bits per heavy atom. The molecule has 0 aromatic heterocycles. The summed E-state index contributed by atoms with van der Waals surface area (Å²) in [6.45, 7) is 1.29. The lowest BCUT2D eigenvalue weighted by atomic mass is 10.1. The molecule has 2 aromatic carbocycles. The highest BCUT2D eigenvalue weighted by molar-refractivity contribution is 7.80. The Kier molecular flexibility index (Phi) is 7.15. The highest BCUT2D eigenvalue weighted by atomic mass is 32.1. The van der Waals surface area contributed by atoms with Gasteiger partial charge in [-0.1, -0.05) is 6.07 Å². The number of esters is 1. The van der Waals surface area contributed by atoms with E-state index in [1.807, 2.05) is 18.2 Å². The van der Waals surface area contributed by atoms with E-state index in [1.165, 1.54) is 31.4 Å². The van der Waals surface area contributed by atoms with Crippen molar-refractivity contribution in [2.45, 2.75) is 18.9 Å². The van der Waals surface area contributed by atoms with Crippen molar-refractivity contribution >= 4 is 34.9 Å². The van der Waals surface area contributed by atoms with Crippen LogP contribution in [0.5, 0.6) is 5.75 Å². The van der Waals surface area contributed by atoms with Crippen molar-refractivity contribution < 1.29 is 23.8 Å². The molecule has 1 aliphatic rings. The molecule has 0 bridgehead atoms. The molecule has 1 unspecified atom stereocenters. The van der Waals surface area contributed by atoms with Crippen molar-refractivity contribution in [1.82, 2.24) is 5.32 Å². The standard InChI is InChI=1S/C21H22N2O5S/c1-26-20(25)15-9-7-14(8-10-15)19(24)23-21(29)22-16-4-2-5-17(12-16)28-13-18-6-3-11-27-18/h2,4-5,7-10,12,18H,3,6,11,13H2,1H3,(H2,22,23,24,29). The van der Waals surface area contributed by atoms with Crippen molar-refractivity contribution in [3.8, 4) is 5.75 Å². The van der Waals surface area contributed by atoms with Crippen LogP contribution < -0.4 is 15.4 Å². The van der Waals surface area contributed by atoms with Gasteiger partial charge < -0.3 is 19.5 Å². The number of thiocarbonyl (C=S) groups is 1. The van der Waals surface area contributed by atoms with Crippen LogP contribution in [-0.4, -0.2) is 43.4 Å². The molecule has 7 nitrogen and oxygen atoms in total. The second-order valence-corrected chi connectivity index (χ2v) is 6.86. The van der Waals surface area contributed by atoms with Crippen LogP contribution in [0.15, 0.2) is 48.5 Å². The first kappa shape index (κ1) is 20.8. The fourth-order valence-electron chi connectivity index (χ4n) is 2.84. The first-order valence-electron chi connectivity index (χ1n) is 9.20. The Labute approximate surface area is 174 Å². The highest BCUT2D eigenvalue weighted by Crippen LogP contribution is 2.19. The SMILES string of the molecule is COC(=O)c1ccc(C(=O)NC(=S)Nc2cccc(OCC3CCCO3)c2)cc1. The number of ether oxygens (including phenoxy) is 3. The molecular weight excluding hydrogens is 392 g/mol. The number of anilines is 1. The Balaban J connectivity index is 1.52. The Morgan fingerprint density at radius 2 is 1.93 bits per heavy atom. The second-order valence-electron chi connectivity index (χ2n) is 6.45. The summed E-state index contributed by atoms with van der Waals surface area (Å²) in [7, 11) is 1.30. The van der Waals surface area contributed by atoms with Gasteiger partial charge in [-0.15, -0.1) is 0 Å². The highest BCUT2D eigenvalue weighted by Gasteiger charge is 2.16. The fraction of sp³-hybridized carbons (Fsp3) is 0.286. The summed E-state index contributed by atoms with van der Waals surface area (Å²) < 4.78 is 16.0. The number of methoxy groups -OCH3 is 1. The Morgan fingerprint density at radius 1 is 1.17 bits per heavy atom. The number of hydrogen-bond donors (Lipinski definition) is 2. The van der Waals surface area contributed by atoms with E-state index < -0.39 is 5.97 Å². The van der Waals surface area contributed by atoms with Crippen LogP contribution in [0.2, 0.25) is 0 Å². The maximum Gasteiger partial charge on any atom is 0.337 e. The number of rotatable bonds is 6. The smallest absolute Gasteiger partial charge is 0.337 e. The van der Waals surface area contributed by atoms with Gasteiger partial charge in [-0.3, -0.25) is 10.1 Å². The van der Waals surface area contributed by atoms with E-state index in [4.69, 9.17) is 21.7 Å². The summed E-state index contributed by atoms with van der Waals surface area (Å²) in [4.78, 5) is 23.8. The number of hydrogen-bond acceptors (Lipinski definition) is 6. The van der Waals surface area contributed by atoms with E-state index >= 15 is 0 Å². The first-order valence-corrected chi connectivity index (χ1v) is 9.61. The van der Waals surface area contributed by atoms with Crippen LogP contribution in [-0.2, 0) is 9.47 Å². The van der Waals surface area contributed by atoms with Gasteiger partial charge in [0.15, 0.2) is 5.11 Å². The first-order chi connectivity index (χ1) is 14.0.